The van der Waals surface area contributed by atoms with Gasteiger partial charge < -0.3 is 9.64 Å². The number of urea groups is 1. The fraction of sp³-hybridized carbons (Fsp3) is 0.318. The molecule has 1 aliphatic heterocycles. The van der Waals surface area contributed by atoms with Crippen LogP contribution in [-0.4, -0.2) is 61.8 Å². The minimum Gasteiger partial charge on any atom is -0.378 e. The maximum absolute atomic E-state index is 13.1. The lowest BCUT2D eigenvalue weighted by atomic mass is 10.1. The number of hydrogen-bond acceptors (Lipinski definition) is 4. The lowest BCUT2D eigenvalue weighted by molar-refractivity contribution is -0.174. The second-order valence-electron chi connectivity index (χ2n) is 7.22. The molecule has 1 aliphatic rings. The molecule has 1 saturated heterocycles. The second kappa shape index (κ2) is 10.8. The molecule has 3 rings (SSSR count). The van der Waals surface area contributed by atoms with Crippen molar-refractivity contribution in [3.8, 4) is 0 Å². The van der Waals surface area contributed by atoms with Gasteiger partial charge in [-0.15, -0.1) is 0 Å². The zero-order chi connectivity index (χ0) is 23.8. The number of carbonyl (C=O) groups is 3. The number of nitrogens with zero attached hydrogens (tertiary/aromatic N) is 2. The molecule has 0 aliphatic carbocycles. The Hall–Kier alpha value is -3.60. The van der Waals surface area contributed by atoms with Gasteiger partial charge in [0.2, 0.25) is 0 Å². The third kappa shape index (κ3) is 6.69. The van der Waals surface area contributed by atoms with Crippen LogP contribution in [0.25, 0.3) is 0 Å². The van der Waals surface area contributed by atoms with E-state index in [2.05, 4.69) is 0 Å². The van der Waals surface area contributed by atoms with E-state index in [0.717, 1.165) is 11.3 Å². The number of hydrogen-bond donors (Lipinski definition) is 2. The molecule has 0 saturated carbocycles. The van der Waals surface area contributed by atoms with E-state index in [1.807, 2.05) is 30.3 Å². The summed E-state index contributed by atoms with van der Waals surface area (Å²) in [7, 11) is 0. The summed E-state index contributed by atoms with van der Waals surface area (Å²) in [4.78, 5) is 39.2. The molecule has 8 nitrogen and oxygen atoms in total. The van der Waals surface area contributed by atoms with Crippen molar-refractivity contribution in [2.75, 3.05) is 37.7 Å². The van der Waals surface area contributed by atoms with E-state index in [1.54, 1.807) is 27.4 Å². The standard InChI is InChI=1S/C22H23F3N4O4/c23-22(24,25)20(31)27-26-19(30)17-8-6-16(7-9-17)10-11-29(18-4-2-1-3-5-18)21(32)28-12-14-33-15-13-28/h1-9H,10-15H2,(H,26,30)(H,27,31). The summed E-state index contributed by atoms with van der Waals surface area (Å²) < 4.78 is 41.9. The molecule has 4 amide bonds. The number of rotatable bonds is 5. The van der Waals surface area contributed by atoms with Crippen LogP contribution in [-0.2, 0) is 16.0 Å². The first-order chi connectivity index (χ1) is 15.8. The summed E-state index contributed by atoms with van der Waals surface area (Å²) >= 11 is 0. The molecular formula is C22H23F3N4O4. The zero-order valence-electron chi connectivity index (χ0n) is 17.6. The van der Waals surface area contributed by atoms with Crippen molar-refractivity contribution in [1.82, 2.24) is 15.8 Å². The predicted octanol–water partition coefficient (Wildman–Crippen LogP) is 2.51. The smallest absolute Gasteiger partial charge is 0.378 e. The van der Waals surface area contributed by atoms with E-state index in [9.17, 15) is 27.6 Å². The van der Waals surface area contributed by atoms with Gasteiger partial charge in [0.25, 0.3) is 5.91 Å². The number of morpholine rings is 1. The summed E-state index contributed by atoms with van der Waals surface area (Å²) in [6, 6.07) is 15.3. The monoisotopic (exact) mass is 464 g/mol. The minimum absolute atomic E-state index is 0.0746. The van der Waals surface area contributed by atoms with Gasteiger partial charge in [0.15, 0.2) is 0 Å². The normalized spacial score (nSPS) is 13.8. The van der Waals surface area contributed by atoms with Crippen LogP contribution in [0.5, 0.6) is 0 Å². The van der Waals surface area contributed by atoms with Gasteiger partial charge in [0, 0.05) is 30.9 Å². The fourth-order valence-electron chi connectivity index (χ4n) is 3.19. The van der Waals surface area contributed by atoms with Crippen LogP contribution in [0.3, 0.4) is 0 Å². The Bertz CT molecular complexity index is 962. The predicted molar refractivity (Wildman–Crippen MR) is 113 cm³/mol. The van der Waals surface area contributed by atoms with Gasteiger partial charge >= 0.3 is 18.1 Å². The molecule has 2 aromatic carbocycles. The maximum Gasteiger partial charge on any atom is 0.472 e. The molecule has 0 bridgehead atoms. The van der Waals surface area contributed by atoms with Gasteiger partial charge in [-0.05, 0) is 36.2 Å². The lowest BCUT2D eigenvalue weighted by Crippen LogP contribution is -2.49. The average Bonchev–Trinajstić information content (AvgIpc) is 2.83. The number of nitrogens with one attached hydrogen (secondary N) is 2. The Labute approximate surface area is 188 Å². The van der Waals surface area contributed by atoms with Crippen LogP contribution in [0.1, 0.15) is 15.9 Å². The zero-order valence-corrected chi connectivity index (χ0v) is 17.6. The quantitative estimate of drug-likeness (QED) is 0.666. The first kappa shape index (κ1) is 24.1. The minimum atomic E-state index is -5.10. The van der Waals surface area contributed by atoms with E-state index >= 15 is 0 Å². The lowest BCUT2D eigenvalue weighted by Gasteiger charge is -2.33. The number of anilines is 1. The number of hydrazine groups is 1. The third-order valence-corrected chi connectivity index (χ3v) is 4.97. The molecule has 0 aromatic heterocycles. The van der Waals surface area contributed by atoms with Crippen molar-refractivity contribution >= 4 is 23.5 Å². The highest BCUT2D eigenvalue weighted by atomic mass is 19.4. The summed E-state index contributed by atoms with van der Waals surface area (Å²) in [5.41, 5.74) is 4.69. The van der Waals surface area contributed by atoms with Gasteiger partial charge in [-0.25, -0.2) is 4.79 Å². The van der Waals surface area contributed by atoms with Crippen LogP contribution >= 0.6 is 0 Å². The Morgan fingerprint density at radius 2 is 1.58 bits per heavy atom. The van der Waals surface area contributed by atoms with Crippen molar-refractivity contribution in [2.24, 2.45) is 0 Å². The summed E-state index contributed by atoms with van der Waals surface area (Å²) in [6.45, 7) is 2.38. The van der Waals surface area contributed by atoms with Crippen LogP contribution in [0.15, 0.2) is 54.6 Å². The highest BCUT2D eigenvalue weighted by Gasteiger charge is 2.39. The highest BCUT2D eigenvalue weighted by molar-refractivity contribution is 5.96. The first-order valence-electron chi connectivity index (χ1n) is 10.2. The molecule has 0 atom stereocenters. The SMILES string of the molecule is O=C(NNC(=O)C(F)(F)F)c1ccc(CCN(C(=O)N2CCOCC2)c2ccccc2)cc1. The first-order valence-corrected chi connectivity index (χ1v) is 10.2. The van der Waals surface area contributed by atoms with E-state index in [4.69, 9.17) is 4.74 Å². The Balaban J connectivity index is 1.62. The molecule has 2 N–H and O–H groups in total. The van der Waals surface area contributed by atoms with Gasteiger partial charge in [-0.3, -0.25) is 25.3 Å². The van der Waals surface area contributed by atoms with Gasteiger partial charge in [-0.1, -0.05) is 30.3 Å². The molecule has 2 aromatic rings. The fourth-order valence-corrected chi connectivity index (χ4v) is 3.19. The number of halogens is 3. The molecule has 0 spiro atoms. The van der Waals surface area contributed by atoms with Gasteiger partial charge in [0.05, 0.1) is 13.2 Å². The van der Waals surface area contributed by atoms with Crippen LogP contribution < -0.4 is 15.8 Å². The van der Waals surface area contributed by atoms with Crippen LogP contribution in [0.4, 0.5) is 23.7 Å². The summed E-state index contributed by atoms with van der Waals surface area (Å²) in [5, 5.41) is 0. The van der Waals surface area contributed by atoms with E-state index in [-0.39, 0.29) is 11.6 Å². The van der Waals surface area contributed by atoms with Crippen molar-refractivity contribution in [3.63, 3.8) is 0 Å². The van der Waals surface area contributed by atoms with Gasteiger partial charge in [-0.2, -0.15) is 13.2 Å². The highest BCUT2D eigenvalue weighted by Crippen LogP contribution is 2.18. The van der Waals surface area contributed by atoms with E-state index in [0.29, 0.717) is 39.3 Å². The van der Waals surface area contributed by atoms with Crippen molar-refractivity contribution in [2.45, 2.75) is 12.6 Å². The molecule has 33 heavy (non-hydrogen) atoms. The van der Waals surface area contributed by atoms with Crippen LogP contribution in [0.2, 0.25) is 0 Å². The van der Waals surface area contributed by atoms with Crippen LogP contribution in [0, 0.1) is 0 Å². The Morgan fingerprint density at radius 3 is 2.18 bits per heavy atom. The number of para-hydroxylation sites is 1. The average molecular weight is 464 g/mol. The van der Waals surface area contributed by atoms with Crippen molar-refractivity contribution < 1.29 is 32.3 Å². The molecule has 1 heterocycles. The topological polar surface area (TPSA) is 91.0 Å². The summed E-state index contributed by atoms with van der Waals surface area (Å²) in [5.74, 6) is -3.15. The third-order valence-electron chi connectivity index (χ3n) is 4.97. The number of ether oxygens (including phenoxy) is 1. The molecule has 11 heteroatoms. The number of carbonyl (C=O) groups excluding carboxylic acids is 3. The second-order valence-corrected chi connectivity index (χ2v) is 7.22. The maximum atomic E-state index is 13.1. The van der Waals surface area contributed by atoms with Crippen molar-refractivity contribution in [1.29, 1.82) is 0 Å². The molecule has 176 valence electrons. The largest absolute Gasteiger partial charge is 0.472 e. The Morgan fingerprint density at radius 1 is 0.939 bits per heavy atom. The van der Waals surface area contributed by atoms with Gasteiger partial charge in [0.1, 0.15) is 0 Å². The molecule has 0 unspecified atom stereocenters. The number of alkyl halides is 3. The van der Waals surface area contributed by atoms with E-state index in [1.165, 1.54) is 17.6 Å². The number of benzene rings is 2. The van der Waals surface area contributed by atoms with E-state index < -0.39 is 18.0 Å². The van der Waals surface area contributed by atoms with Crippen molar-refractivity contribution in [3.05, 3.63) is 65.7 Å². The molecular weight excluding hydrogens is 441 g/mol. The Kier molecular flexibility index (Phi) is 7.88. The number of amides is 4. The molecule has 0 radical (unpaired) electrons. The molecule has 1 fully saturated rings. The summed E-state index contributed by atoms with van der Waals surface area (Å²) in [6.07, 6.45) is -4.61.